The number of rotatable bonds is 4. The number of hydrogen-bond donors (Lipinski definition) is 0. The molecule has 1 heterocycles. The largest absolute Gasteiger partial charge is 0.469 e. The molecule has 1 aliphatic heterocycles. The predicted molar refractivity (Wildman–Crippen MR) is 71.1 cm³/mol. The summed E-state index contributed by atoms with van der Waals surface area (Å²) in [5, 5.41) is 0. The van der Waals surface area contributed by atoms with Crippen LogP contribution in [0, 0.1) is 0 Å². The maximum Gasteiger partial charge on any atom is 0.307 e. The molecule has 0 amide bonds. The lowest BCUT2D eigenvalue weighted by Crippen LogP contribution is -2.32. The Morgan fingerprint density at radius 3 is 2.89 bits per heavy atom. The number of carbonyl (C=O) groups is 1. The molecule has 1 aromatic rings. The molecule has 0 bridgehead atoms. The third-order valence-electron chi connectivity index (χ3n) is 3.91. The van der Waals surface area contributed by atoms with E-state index in [0.717, 1.165) is 13.0 Å². The van der Waals surface area contributed by atoms with Crippen LogP contribution in [0.1, 0.15) is 43.9 Å². The second kappa shape index (κ2) is 5.53. The van der Waals surface area contributed by atoms with Crippen LogP contribution in [0.2, 0.25) is 0 Å². The molecule has 0 radical (unpaired) electrons. The second-order valence-corrected chi connectivity index (χ2v) is 4.92. The molecule has 0 fully saturated rings. The van der Waals surface area contributed by atoms with Gasteiger partial charge in [0.2, 0.25) is 0 Å². The van der Waals surface area contributed by atoms with Crippen molar-refractivity contribution in [3.05, 3.63) is 35.4 Å². The number of benzene rings is 1. The maximum absolute atomic E-state index is 11.6. The van der Waals surface area contributed by atoms with E-state index in [4.69, 9.17) is 4.74 Å². The van der Waals surface area contributed by atoms with Crippen LogP contribution in [-0.4, -0.2) is 24.0 Å². The van der Waals surface area contributed by atoms with Crippen molar-refractivity contribution in [2.24, 2.45) is 0 Å². The Kier molecular flexibility index (Phi) is 4.02. The molecule has 0 spiro atoms. The van der Waals surface area contributed by atoms with Gasteiger partial charge >= 0.3 is 5.97 Å². The molecular formula is C15H21NO2. The Bertz CT molecular complexity index is 430. The minimum atomic E-state index is -0.134. The van der Waals surface area contributed by atoms with Gasteiger partial charge in [-0.05, 0) is 24.5 Å². The van der Waals surface area contributed by atoms with Gasteiger partial charge in [-0.25, -0.2) is 0 Å². The first-order chi connectivity index (χ1) is 8.67. The highest BCUT2D eigenvalue weighted by molar-refractivity contribution is 5.70. The summed E-state index contributed by atoms with van der Waals surface area (Å²) in [5.74, 6) is -0.134. The quantitative estimate of drug-likeness (QED) is 0.766. The monoisotopic (exact) mass is 247 g/mol. The zero-order chi connectivity index (χ0) is 13.1. The molecule has 1 aliphatic rings. The number of esters is 1. The third-order valence-corrected chi connectivity index (χ3v) is 3.91. The van der Waals surface area contributed by atoms with Crippen LogP contribution in [0.15, 0.2) is 24.3 Å². The second-order valence-electron chi connectivity index (χ2n) is 4.92. The Morgan fingerprint density at radius 1 is 1.50 bits per heavy atom. The van der Waals surface area contributed by atoms with Gasteiger partial charge < -0.3 is 4.74 Å². The molecule has 0 aliphatic carbocycles. The van der Waals surface area contributed by atoms with Crippen molar-refractivity contribution in [3.63, 3.8) is 0 Å². The molecule has 3 heteroatoms. The molecule has 0 saturated carbocycles. The Morgan fingerprint density at radius 2 is 2.22 bits per heavy atom. The Labute approximate surface area is 109 Å². The van der Waals surface area contributed by atoms with Crippen LogP contribution in [0.5, 0.6) is 0 Å². The summed E-state index contributed by atoms with van der Waals surface area (Å²) in [6.45, 7) is 5.34. The van der Waals surface area contributed by atoms with Crippen LogP contribution < -0.4 is 0 Å². The standard InChI is InChI=1S/C15H21NO2/c1-4-11(2)16-10-12-7-5-6-8-13(12)14(16)9-15(17)18-3/h5-8,11,14H,4,9-10H2,1-3H3. The van der Waals surface area contributed by atoms with Crippen LogP contribution in [-0.2, 0) is 16.1 Å². The van der Waals surface area contributed by atoms with Gasteiger partial charge in [0.05, 0.1) is 13.5 Å². The summed E-state index contributed by atoms with van der Waals surface area (Å²) in [4.78, 5) is 14.0. The summed E-state index contributed by atoms with van der Waals surface area (Å²) in [6, 6.07) is 9.04. The third kappa shape index (κ3) is 2.41. The first kappa shape index (κ1) is 13.1. The maximum atomic E-state index is 11.6. The summed E-state index contributed by atoms with van der Waals surface area (Å²) in [6.07, 6.45) is 1.53. The molecule has 2 rings (SSSR count). The minimum absolute atomic E-state index is 0.134. The molecule has 0 saturated heterocycles. The van der Waals surface area contributed by atoms with E-state index in [1.807, 2.05) is 6.07 Å². The molecular weight excluding hydrogens is 226 g/mol. The van der Waals surface area contributed by atoms with Crippen LogP contribution in [0.25, 0.3) is 0 Å². The number of hydrogen-bond acceptors (Lipinski definition) is 3. The fourth-order valence-electron chi connectivity index (χ4n) is 2.65. The fraction of sp³-hybridized carbons (Fsp3) is 0.533. The van der Waals surface area contributed by atoms with Crippen molar-refractivity contribution in [2.75, 3.05) is 7.11 Å². The van der Waals surface area contributed by atoms with Crippen LogP contribution in [0.4, 0.5) is 0 Å². The molecule has 1 aromatic carbocycles. The normalized spacial score (nSPS) is 20.5. The molecule has 2 atom stereocenters. The zero-order valence-electron chi connectivity index (χ0n) is 11.3. The van der Waals surface area contributed by atoms with Crippen molar-refractivity contribution < 1.29 is 9.53 Å². The average molecular weight is 247 g/mol. The van der Waals surface area contributed by atoms with Gasteiger partial charge in [-0.2, -0.15) is 0 Å². The summed E-state index contributed by atoms with van der Waals surface area (Å²) >= 11 is 0. The number of carbonyl (C=O) groups excluding carboxylic acids is 1. The van der Waals surface area contributed by atoms with Crippen LogP contribution in [0.3, 0.4) is 0 Å². The lowest BCUT2D eigenvalue weighted by atomic mass is 10.0. The van der Waals surface area contributed by atoms with Gasteiger partial charge in [0, 0.05) is 18.6 Å². The highest BCUT2D eigenvalue weighted by Gasteiger charge is 2.33. The van der Waals surface area contributed by atoms with E-state index < -0.39 is 0 Å². The number of fused-ring (bicyclic) bond motifs is 1. The number of ether oxygens (including phenoxy) is 1. The van der Waals surface area contributed by atoms with E-state index in [1.165, 1.54) is 18.2 Å². The van der Waals surface area contributed by atoms with Crippen molar-refractivity contribution in [2.45, 2.75) is 45.3 Å². The zero-order valence-corrected chi connectivity index (χ0v) is 11.3. The van der Waals surface area contributed by atoms with E-state index >= 15 is 0 Å². The summed E-state index contributed by atoms with van der Waals surface area (Å²) in [7, 11) is 1.46. The van der Waals surface area contributed by atoms with Crippen molar-refractivity contribution in [1.82, 2.24) is 4.90 Å². The van der Waals surface area contributed by atoms with E-state index in [2.05, 4.69) is 36.9 Å². The van der Waals surface area contributed by atoms with Crippen molar-refractivity contribution in [3.8, 4) is 0 Å². The van der Waals surface area contributed by atoms with Gasteiger partial charge in [0.15, 0.2) is 0 Å². The van der Waals surface area contributed by atoms with Gasteiger partial charge in [-0.1, -0.05) is 31.2 Å². The fourth-order valence-corrected chi connectivity index (χ4v) is 2.65. The lowest BCUT2D eigenvalue weighted by molar-refractivity contribution is -0.142. The predicted octanol–water partition coefficient (Wildman–Crippen LogP) is 2.90. The average Bonchev–Trinajstić information content (AvgIpc) is 2.77. The highest BCUT2D eigenvalue weighted by atomic mass is 16.5. The first-order valence-corrected chi connectivity index (χ1v) is 6.57. The van der Waals surface area contributed by atoms with E-state index in [-0.39, 0.29) is 12.0 Å². The van der Waals surface area contributed by atoms with Gasteiger partial charge in [0.1, 0.15) is 0 Å². The van der Waals surface area contributed by atoms with Gasteiger partial charge in [-0.3, -0.25) is 9.69 Å². The molecule has 0 N–H and O–H groups in total. The number of nitrogens with zero attached hydrogens (tertiary/aromatic N) is 1. The van der Waals surface area contributed by atoms with E-state index in [0.29, 0.717) is 12.5 Å². The van der Waals surface area contributed by atoms with Gasteiger partial charge in [0.25, 0.3) is 0 Å². The summed E-state index contributed by atoms with van der Waals surface area (Å²) in [5.41, 5.74) is 2.62. The summed E-state index contributed by atoms with van der Waals surface area (Å²) < 4.78 is 4.82. The lowest BCUT2D eigenvalue weighted by Gasteiger charge is -2.29. The van der Waals surface area contributed by atoms with Gasteiger partial charge in [-0.15, -0.1) is 0 Å². The molecule has 18 heavy (non-hydrogen) atoms. The van der Waals surface area contributed by atoms with E-state index in [9.17, 15) is 4.79 Å². The van der Waals surface area contributed by atoms with E-state index in [1.54, 1.807) is 0 Å². The van der Waals surface area contributed by atoms with Crippen LogP contribution >= 0.6 is 0 Å². The number of methoxy groups -OCH3 is 1. The SMILES string of the molecule is CCC(C)N1Cc2ccccc2C1CC(=O)OC. The van der Waals surface area contributed by atoms with Crippen molar-refractivity contribution >= 4 is 5.97 Å². The molecule has 0 aromatic heterocycles. The molecule has 2 unspecified atom stereocenters. The van der Waals surface area contributed by atoms with Crippen molar-refractivity contribution in [1.29, 1.82) is 0 Å². The molecule has 98 valence electrons. The Balaban J connectivity index is 2.26. The highest BCUT2D eigenvalue weighted by Crippen LogP contribution is 2.37. The topological polar surface area (TPSA) is 29.5 Å². The minimum Gasteiger partial charge on any atom is -0.469 e. The smallest absolute Gasteiger partial charge is 0.307 e. The molecule has 3 nitrogen and oxygen atoms in total. The first-order valence-electron chi connectivity index (χ1n) is 6.57. The Hall–Kier alpha value is -1.35.